The largest absolute Gasteiger partial charge is 0.512 e. The number of hydrogen-bond acceptors (Lipinski definition) is 2. The van der Waals surface area contributed by atoms with Gasteiger partial charge in [-0.25, -0.2) is 0 Å². The van der Waals surface area contributed by atoms with Crippen LogP contribution in [0.3, 0.4) is 0 Å². The first kappa shape index (κ1) is 16.1. The molecule has 0 saturated heterocycles. The summed E-state index contributed by atoms with van der Waals surface area (Å²) in [6.45, 7) is 2.23. The Bertz CT molecular complexity index is 538. The monoisotopic (exact) mass is 326 g/mol. The van der Waals surface area contributed by atoms with Crippen LogP contribution in [0.1, 0.15) is 39.0 Å². The first-order valence-corrected chi connectivity index (χ1v) is 10.9. The number of rotatable bonds is 6. The molecule has 0 aromatic heterocycles. The summed E-state index contributed by atoms with van der Waals surface area (Å²) < 4.78 is 13.2. The van der Waals surface area contributed by atoms with Crippen molar-refractivity contribution < 1.29 is 8.85 Å². The van der Waals surface area contributed by atoms with Crippen LogP contribution in [-0.4, -0.2) is 8.56 Å². The van der Waals surface area contributed by atoms with E-state index in [9.17, 15) is 0 Å². The topological polar surface area (TPSA) is 18.5 Å². The average Bonchev–Trinajstić information content (AvgIpc) is 2.63. The Morgan fingerprint density at radius 3 is 1.70 bits per heavy atom. The summed E-state index contributed by atoms with van der Waals surface area (Å²) in [4.78, 5) is 0. The van der Waals surface area contributed by atoms with Crippen molar-refractivity contribution >= 4 is 8.56 Å². The molecule has 0 heterocycles. The molecule has 3 heteroatoms. The van der Waals surface area contributed by atoms with Gasteiger partial charge in [-0.2, -0.15) is 0 Å². The smallest absolute Gasteiger partial charge is 0.463 e. The van der Waals surface area contributed by atoms with Gasteiger partial charge in [0, 0.05) is 11.6 Å². The van der Waals surface area contributed by atoms with Crippen LogP contribution in [0.4, 0.5) is 0 Å². The molecule has 2 aromatic carbocycles. The molecule has 1 saturated carbocycles. The highest BCUT2D eigenvalue weighted by Crippen LogP contribution is 2.41. The van der Waals surface area contributed by atoms with Crippen molar-refractivity contribution in [3.05, 3.63) is 60.7 Å². The maximum absolute atomic E-state index is 6.61. The van der Waals surface area contributed by atoms with Crippen LogP contribution >= 0.6 is 0 Å². The summed E-state index contributed by atoms with van der Waals surface area (Å²) in [5.41, 5.74) is 0.571. The Morgan fingerprint density at radius 2 is 1.26 bits per heavy atom. The van der Waals surface area contributed by atoms with Gasteiger partial charge in [0.25, 0.3) is 0 Å². The van der Waals surface area contributed by atoms with Crippen LogP contribution in [-0.2, 0) is 0 Å². The number of benzene rings is 2. The molecule has 0 N–H and O–H groups in total. The van der Waals surface area contributed by atoms with Crippen molar-refractivity contribution in [2.24, 2.45) is 0 Å². The van der Waals surface area contributed by atoms with Gasteiger partial charge in [-0.05, 0) is 37.1 Å². The highest BCUT2D eigenvalue weighted by atomic mass is 28.4. The molecule has 0 amide bonds. The molecular weight excluding hydrogens is 300 g/mol. The summed E-state index contributed by atoms with van der Waals surface area (Å²) in [5.74, 6) is 1.89. The lowest BCUT2D eigenvalue weighted by atomic mass is 10.0. The minimum Gasteiger partial charge on any atom is -0.512 e. The molecule has 0 bridgehead atoms. The van der Waals surface area contributed by atoms with E-state index in [4.69, 9.17) is 8.85 Å². The molecular formula is C20H26O2Si. The zero-order chi connectivity index (χ0) is 16.0. The van der Waals surface area contributed by atoms with E-state index in [-0.39, 0.29) is 0 Å². The second kappa shape index (κ2) is 7.69. The van der Waals surface area contributed by atoms with Crippen LogP contribution in [0, 0.1) is 0 Å². The molecule has 2 nitrogen and oxygen atoms in total. The normalized spacial score (nSPS) is 16.0. The van der Waals surface area contributed by atoms with E-state index in [0.29, 0.717) is 5.54 Å². The number of hydrogen-bond donors (Lipinski definition) is 0. The fourth-order valence-corrected chi connectivity index (χ4v) is 7.14. The van der Waals surface area contributed by atoms with Crippen molar-refractivity contribution in [3.63, 3.8) is 0 Å². The molecule has 1 fully saturated rings. The molecule has 0 unspecified atom stereocenters. The zero-order valence-electron chi connectivity index (χ0n) is 13.9. The first-order chi connectivity index (χ1) is 11.3. The van der Waals surface area contributed by atoms with E-state index in [2.05, 4.69) is 31.2 Å². The molecule has 122 valence electrons. The highest BCUT2D eigenvalue weighted by molar-refractivity contribution is 6.70. The van der Waals surface area contributed by atoms with Crippen molar-refractivity contribution in [1.29, 1.82) is 0 Å². The second-order valence-electron chi connectivity index (χ2n) is 6.33. The van der Waals surface area contributed by atoms with Crippen LogP contribution in [0.15, 0.2) is 60.7 Å². The van der Waals surface area contributed by atoms with E-state index >= 15 is 0 Å². The molecule has 1 aliphatic rings. The fourth-order valence-electron chi connectivity index (χ4n) is 3.54. The Morgan fingerprint density at radius 1 is 0.783 bits per heavy atom. The predicted molar refractivity (Wildman–Crippen MR) is 97.2 cm³/mol. The third-order valence-corrected chi connectivity index (χ3v) is 8.76. The first-order valence-electron chi connectivity index (χ1n) is 8.80. The molecule has 23 heavy (non-hydrogen) atoms. The fraction of sp³-hybridized carbons (Fsp3) is 0.400. The van der Waals surface area contributed by atoms with Crippen LogP contribution in [0.2, 0.25) is 11.6 Å². The molecule has 0 radical (unpaired) electrons. The summed E-state index contributed by atoms with van der Waals surface area (Å²) in [6.07, 6.45) is 6.42. The molecule has 0 aliphatic heterocycles. The standard InChI is InChI=1S/C20H26O2Si/c1-2-23(20-16-10-5-11-17-20,21-18-12-6-3-7-13-18)22-19-14-8-4-9-15-19/h3-4,6-9,12-15,20H,2,5,10-11,16-17H2,1H3. The molecule has 1 aliphatic carbocycles. The lowest BCUT2D eigenvalue weighted by Gasteiger charge is -2.38. The van der Waals surface area contributed by atoms with Crippen LogP contribution in [0.5, 0.6) is 11.5 Å². The minimum absolute atomic E-state index is 0.571. The minimum atomic E-state index is -2.35. The summed E-state index contributed by atoms with van der Waals surface area (Å²) in [6, 6.07) is 21.4. The van der Waals surface area contributed by atoms with E-state index in [1.807, 2.05) is 36.4 Å². The maximum Gasteiger partial charge on any atom is 0.463 e. The average molecular weight is 327 g/mol. The van der Waals surface area contributed by atoms with Crippen LogP contribution < -0.4 is 8.85 Å². The molecule has 3 rings (SSSR count). The van der Waals surface area contributed by atoms with E-state index in [1.165, 1.54) is 32.1 Å². The van der Waals surface area contributed by atoms with Crippen molar-refractivity contribution in [1.82, 2.24) is 0 Å². The van der Waals surface area contributed by atoms with Crippen LogP contribution in [0.25, 0.3) is 0 Å². The van der Waals surface area contributed by atoms with Crippen molar-refractivity contribution in [2.75, 3.05) is 0 Å². The van der Waals surface area contributed by atoms with E-state index < -0.39 is 8.56 Å². The summed E-state index contributed by atoms with van der Waals surface area (Å²) >= 11 is 0. The Hall–Kier alpha value is -1.74. The SMILES string of the molecule is CC[Si](Oc1ccccc1)(Oc1ccccc1)C1CCCCC1. The van der Waals surface area contributed by atoms with Gasteiger partial charge >= 0.3 is 8.56 Å². The van der Waals surface area contributed by atoms with Gasteiger partial charge in [0.1, 0.15) is 11.5 Å². The predicted octanol–water partition coefficient (Wildman–Crippen LogP) is 5.94. The maximum atomic E-state index is 6.61. The second-order valence-corrected chi connectivity index (χ2v) is 9.89. The third kappa shape index (κ3) is 3.97. The Labute approximate surface area is 140 Å². The zero-order valence-corrected chi connectivity index (χ0v) is 14.9. The van der Waals surface area contributed by atoms with Crippen molar-refractivity contribution in [2.45, 2.75) is 50.6 Å². The Kier molecular flexibility index (Phi) is 5.39. The molecule has 2 aromatic rings. The summed E-state index contributed by atoms with van der Waals surface area (Å²) in [5, 5.41) is 0. The van der Waals surface area contributed by atoms with E-state index in [1.54, 1.807) is 0 Å². The quantitative estimate of drug-likeness (QED) is 0.611. The van der Waals surface area contributed by atoms with Crippen molar-refractivity contribution in [3.8, 4) is 11.5 Å². The number of para-hydroxylation sites is 2. The van der Waals surface area contributed by atoms with E-state index in [0.717, 1.165) is 17.5 Å². The van der Waals surface area contributed by atoms with Gasteiger partial charge < -0.3 is 8.85 Å². The molecule has 0 atom stereocenters. The van der Waals surface area contributed by atoms with Gasteiger partial charge in [-0.3, -0.25) is 0 Å². The highest BCUT2D eigenvalue weighted by Gasteiger charge is 2.48. The van der Waals surface area contributed by atoms with Gasteiger partial charge in [0.2, 0.25) is 0 Å². The lowest BCUT2D eigenvalue weighted by molar-refractivity contribution is 0.329. The van der Waals surface area contributed by atoms with Gasteiger partial charge in [0.05, 0.1) is 0 Å². The Balaban J connectivity index is 1.89. The van der Waals surface area contributed by atoms with Gasteiger partial charge in [0.15, 0.2) is 0 Å². The lowest BCUT2D eigenvalue weighted by Crippen LogP contribution is -2.52. The third-order valence-electron chi connectivity index (χ3n) is 4.79. The van der Waals surface area contributed by atoms with Gasteiger partial charge in [-0.15, -0.1) is 0 Å². The molecule has 0 spiro atoms. The summed E-state index contributed by atoms with van der Waals surface area (Å²) in [7, 11) is -2.35. The van der Waals surface area contributed by atoms with Gasteiger partial charge in [-0.1, -0.05) is 62.6 Å².